The summed E-state index contributed by atoms with van der Waals surface area (Å²) in [6.45, 7) is 0.799. The molecule has 1 aliphatic heterocycles. The molecule has 2 heterocycles. The summed E-state index contributed by atoms with van der Waals surface area (Å²) in [6.07, 6.45) is 1.69. The molecule has 0 aliphatic carbocycles. The average molecular weight is 327 g/mol. The van der Waals surface area contributed by atoms with Gasteiger partial charge in [-0.3, -0.25) is 0 Å². The Balaban J connectivity index is 1.68. The van der Waals surface area contributed by atoms with Crippen molar-refractivity contribution in [3.8, 4) is 11.3 Å². The fourth-order valence-corrected chi connectivity index (χ4v) is 3.16. The maximum atomic E-state index is 12.4. The van der Waals surface area contributed by atoms with E-state index >= 15 is 0 Å². The van der Waals surface area contributed by atoms with Crippen LogP contribution >= 0.6 is 0 Å². The lowest BCUT2D eigenvalue weighted by Gasteiger charge is -2.22. The van der Waals surface area contributed by atoms with Crippen LogP contribution in [-0.4, -0.2) is 40.7 Å². The van der Waals surface area contributed by atoms with Crippen LogP contribution in [0.5, 0.6) is 0 Å². The molecule has 0 bridgehead atoms. The highest BCUT2D eigenvalue weighted by atomic mass is 16.5. The van der Waals surface area contributed by atoms with Crippen LogP contribution in [0.15, 0.2) is 42.5 Å². The van der Waals surface area contributed by atoms with Crippen LogP contribution in [0.2, 0.25) is 0 Å². The molecule has 24 heavy (non-hydrogen) atoms. The zero-order valence-electron chi connectivity index (χ0n) is 13.6. The third kappa shape index (κ3) is 3.13. The van der Waals surface area contributed by atoms with Gasteiger partial charge in [-0.05, 0) is 30.5 Å². The van der Waals surface area contributed by atoms with Gasteiger partial charge in [0.2, 0.25) is 0 Å². The van der Waals surface area contributed by atoms with Crippen molar-refractivity contribution >= 4 is 12.0 Å². The highest BCUT2D eigenvalue weighted by Crippen LogP contribution is 2.22. The van der Waals surface area contributed by atoms with Crippen LogP contribution in [0.3, 0.4) is 0 Å². The number of ether oxygens (including phenoxy) is 1. The van der Waals surface area contributed by atoms with Gasteiger partial charge in [-0.15, -0.1) is 0 Å². The van der Waals surface area contributed by atoms with Gasteiger partial charge in [0.1, 0.15) is 12.3 Å². The summed E-state index contributed by atoms with van der Waals surface area (Å²) in [5.41, 5.74) is 7.81. The Kier molecular flexibility index (Phi) is 4.55. The van der Waals surface area contributed by atoms with Gasteiger partial charge >= 0.3 is 12.0 Å². The van der Waals surface area contributed by atoms with Crippen molar-refractivity contribution in [1.29, 1.82) is 0 Å². The van der Waals surface area contributed by atoms with Crippen molar-refractivity contribution < 1.29 is 14.3 Å². The van der Waals surface area contributed by atoms with Crippen molar-refractivity contribution in [3.05, 3.63) is 48.2 Å². The number of nitrogens with zero attached hydrogens (tertiary/aromatic N) is 2. The predicted molar refractivity (Wildman–Crippen MR) is 90.4 cm³/mol. The smallest absolute Gasteiger partial charge is 0.355 e. The zero-order chi connectivity index (χ0) is 17.1. The molecule has 0 saturated carbocycles. The van der Waals surface area contributed by atoms with E-state index in [4.69, 9.17) is 10.5 Å². The number of rotatable bonds is 4. The van der Waals surface area contributed by atoms with E-state index in [1.165, 1.54) is 0 Å². The van der Waals surface area contributed by atoms with Crippen molar-refractivity contribution in [1.82, 2.24) is 9.47 Å². The molecule has 0 radical (unpaired) electrons. The van der Waals surface area contributed by atoms with Crippen molar-refractivity contribution in [3.63, 3.8) is 0 Å². The summed E-state index contributed by atoms with van der Waals surface area (Å²) in [5.74, 6) is -0.393. The summed E-state index contributed by atoms with van der Waals surface area (Å²) in [6, 6.07) is 12.9. The molecule has 0 spiro atoms. The first-order chi connectivity index (χ1) is 11.6. The van der Waals surface area contributed by atoms with Crippen LogP contribution in [0.1, 0.15) is 23.3 Å². The van der Waals surface area contributed by atoms with E-state index in [0.29, 0.717) is 12.2 Å². The summed E-state index contributed by atoms with van der Waals surface area (Å²) >= 11 is 0. The number of carbonyl (C=O) groups is 2. The number of likely N-dealkylation sites (tertiary alicyclic amines) is 1. The zero-order valence-corrected chi connectivity index (χ0v) is 13.6. The molecule has 1 aromatic heterocycles. The molecule has 0 unspecified atom stereocenters. The van der Waals surface area contributed by atoms with Gasteiger partial charge in [-0.2, -0.15) is 0 Å². The molecule has 126 valence electrons. The molecule has 1 fully saturated rings. The Morgan fingerprint density at radius 1 is 1.21 bits per heavy atom. The Morgan fingerprint density at radius 3 is 2.67 bits per heavy atom. The fraction of sp³-hybridized carbons (Fsp3) is 0.333. The normalized spacial score (nSPS) is 17.0. The molecule has 1 atom stereocenters. The number of hydrogen-bond acceptors (Lipinski definition) is 3. The molecule has 1 aromatic carbocycles. The Morgan fingerprint density at radius 2 is 1.96 bits per heavy atom. The van der Waals surface area contributed by atoms with E-state index in [9.17, 15) is 9.59 Å². The van der Waals surface area contributed by atoms with Crippen LogP contribution in [0.4, 0.5) is 4.79 Å². The van der Waals surface area contributed by atoms with E-state index in [1.54, 1.807) is 11.0 Å². The molecular formula is C18H21N3O3. The summed E-state index contributed by atoms with van der Waals surface area (Å²) in [7, 11) is 1.84. The SMILES string of the molecule is Cn1c(C(=O)OC[C@H]2CCCN2C(N)=O)ccc1-c1ccccc1. The number of nitrogens with two attached hydrogens (primary N) is 1. The Bertz CT molecular complexity index is 739. The molecule has 2 aromatic rings. The summed E-state index contributed by atoms with van der Waals surface area (Å²) in [5, 5.41) is 0. The highest BCUT2D eigenvalue weighted by Gasteiger charge is 2.28. The first-order valence-corrected chi connectivity index (χ1v) is 8.02. The number of primary amides is 1. The second kappa shape index (κ2) is 6.78. The van der Waals surface area contributed by atoms with Gasteiger partial charge in [0.05, 0.1) is 6.04 Å². The summed E-state index contributed by atoms with van der Waals surface area (Å²) < 4.78 is 7.23. The lowest BCUT2D eigenvalue weighted by atomic mass is 10.2. The molecule has 6 heteroatoms. The second-order valence-corrected chi connectivity index (χ2v) is 5.96. The molecule has 6 nitrogen and oxygen atoms in total. The lowest BCUT2D eigenvalue weighted by Crippen LogP contribution is -2.42. The average Bonchev–Trinajstić information content (AvgIpc) is 3.20. The number of amides is 2. The maximum absolute atomic E-state index is 12.4. The van der Waals surface area contributed by atoms with Crippen LogP contribution in [0.25, 0.3) is 11.3 Å². The van der Waals surface area contributed by atoms with Crippen LogP contribution < -0.4 is 5.73 Å². The number of carbonyl (C=O) groups excluding carboxylic acids is 2. The molecular weight excluding hydrogens is 306 g/mol. The van der Waals surface area contributed by atoms with Crippen LogP contribution in [-0.2, 0) is 11.8 Å². The molecule has 1 aliphatic rings. The minimum absolute atomic E-state index is 0.125. The fourth-order valence-electron chi connectivity index (χ4n) is 3.16. The van der Waals surface area contributed by atoms with E-state index < -0.39 is 12.0 Å². The van der Waals surface area contributed by atoms with Gasteiger partial charge in [0.15, 0.2) is 0 Å². The third-order valence-corrected chi connectivity index (χ3v) is 4.47. The van der Waals surface area contributed by atoms with Gasteiger partial charge < -0.3 is 19.9 Å². The quantitative estimate of drug-likeness (QED) is 0.876. The van der Waals surface area contributed by atoms with E-state index in [-0.39, 0.29) is 12.6 Å². The van der Waals surface area contributed by atoms with Crippen LogP contribution in [0, 0.1) is 0 Å². The Hall–Kier alpha value is -2.76. The van der Waals surface area contributed by atoms with Crippen molar-refractivity contribution in [2.24, 2.45) is 12.8 Å². The first kappa shape index (κ1) is 16.1. The molecule has 2 amide bonds. The topological polar surface area (TPSA) is 77.6 Å². The summed E-state index contributed by atoms with van der Waals surface area (Å²) in [4.78, 5) is 25.3. The largest absolute Gasteiger partial charge is 0.459 e. The van der Waals surface area contributed by atoms with Gasteiger partial charge in [0, 0.05) is 19.3 Å². The van der Waals surface area contributed by atoms with E-state index in [0.717, 1.165) is 24.1 Å². The predicted octanol–water partition coefficient (Wildman–Crippen LogP) is 2.39. The van der Waals surface area contributed by atoms with Crippen molar-refractivity contribution in [2.75, 3.05) is 13.2 Å². The number of esters is 1. The van der Waals surface area contributed by atoms with Gasteiger partial charge in [-0.25, -0.2) is 9.59 Å². The number of hydrogen-bond donors (Lipinski definition) is 1. The van der Waals surface area contributed by atoms with Gasteiger partial charge in [-0.1, -0.05) is 30.3 Å². The minimum atomic E-state index is -0.459. The lowest BCUT2D eigenvalue weighted by molar-refractivity contribution is 0.0411. The monoisotopic (exact) mass is 327 g/mol. The van der Waals surface area contributed by atoms with E-state index in [1.807, 2.05) is 48.0 Å². The maximum Gasteiger partial charge on any atom is 0.355 e. The van der Waals surface area contributed by atoms with Gasteiger partial charge in [0.25, 0.3) is 0 Å². The minimum Gasteiger partial charge on any atom is -0.459 e. The first-order valence-electron chi connectivity index (χ1n) is 8.02. The molecule has 3 rings (SSSR count). The molecule has 2 N–H and O–H groups in total. The second-order valence-electron chi connectivity index (χ2n) is 5.96. The number of aromatic nitrogens is 1. The van der Waals surface area contributed by atoms with E-state index in [2.05, 4.69) is 0 Å². The Labute approximate surface area is 140 Å². The number of benzene rings is 1. The number of urea groups is 1. The highest BCUT2D eigenvalue weighted by molar-refractivity contribution is 5.89. The standard InChI is InChI=1S/C18H21N3O3/c1-20-15(13-6-3-2-4-7-13)9-10-16(20)17(22)24-12-14-8-5-11-21(14)18(19)23/h2-4,6-7,9-10,14H,5,8,11-12H2,1H3,(H2,19,23)/t14-/m1/s1. The third-order valence-electron chi connectivity index (χ3n) is 4.47. The molecule has 1 saturated heterocycles. The van der Waals surface area contributed by atoms with Crippen molar-refractivity contribution in [2.45, 2.75) is 18.9 Å².